The van der Waals surface area contributed by atoms with Crippen LogP contribution in [0.5, 0.6) is 0 Å². The topological polar surface area (TPSA) is 55.1 Å². The lowest BCUT2D eigenvalue weighted by atomic mass is 9.90. The maximum Gasteiger partial charge on any atom is 0.252 e. The lowest BCUT2D eigenvalue weighted by Crippen LogP contribution is -2.52. The van der Waals surface area contributed by atoms with Gasteiger partial charge in [0.25, 0.3) is 5.91 Å². The Morgan fingerprint density at radius 1 is 1.37 bits per heavy atom. The number of hydrogen-bond donors (Lipinski definition) is 2. The second kappa shape index (κ2) is 6.71. The number of nitrogens with two attached hydrogens (primary N) is 1. The average molecular weight is 262 g/mol. The maximum atomic E-state index is 12.4. The lowest BCUT2D eigenvalue weighted by Gasteiger charge is -2.31. The second-order valence-corrected chi connectivity index (χ2v) is 5.83. The van der Waals surface area contributed by atoms with Gasteiger partial charge in [-0.1, -0.05) is 39.0 Å². The quantitative estimate of drug-likeness (QED) is 0.828. The number of nitrogens with one attached hydrogen (secondary N) is 1. The van der Waals surface area contributed by atoms with E-state index in [-0.39, 0.29) is 11.4 Å². The van der Waals surface area contributed by atoms with E-state index >= 15 is 0 Å². The van der Waals surface area contributed by atoms with Gasteiger partial charge in [-0.05, 0) is 37.3 Å². The zero-order valence-electron chi connectivity index (χ0n) is 12.5. The van der Waals surface area contributed by atoms with E-state index in [4.69, 9.17) is 5.73 Å². The summed E-state index contributed by atoms with van der Waals surface area (Å²) in [6.07, 6.45) is 1.73. The molecular formula is C16H26N2O. The summed E-state index contributed by atoms with van der Waals surface area (Å²) in [5.74, 6) is 0.473. The van der Waals surface area contributed by atoms with E-state index in [9.17, 15) is 4.79 Å². The molecule has 1 unspecified atom stereocenters. The first-order chi connectivity index (χ1) is 8.91. The van der Waals surface area contributed by atoms with E-state index in [2.05, 4.69) is 26.1 Å². The average Bonchev–Trinajstić information content (AvgIpc) is 2.37. The predicted octanol–water partition coefficient (Wildman–Crippen LogP) is 2.74. The molecule has 19 heavy (non-hydrogen) atoms. The highest BCUT2D eigenvalue weighted by Gasteiger charge is 2.26. The Labute approximate surface area is 116 Å². The van der Waals surface area contributed by atoms with E-state index in [1.807, 2.05) is 31.2 Å². The summed E-state index contributed by atoms with van der Waals surface area (Å²) in [6.45, 7) is 8.80. The summed E-state index contributed by atoms with van der Waals surface area (Å²) in [6, 6.07) is 7.74. The van der Waals surface area contributed by atoms with Gasteiger partial charge in [0.1, 0.15) is 0 Å². The van der Waals surface area contributed by atoms with Gasteiger partial charge >= 0.3 is 0 Å². The van der Waals surface area contributed by atoms with Crippen LogP contribution in [0.25, 0.3) is 0 Å². The van der Waals surface area contributed by atoms with Crippen molar-refractivity contribution in [2.45, 2.75) is 46.1 Å². The standard InChI is InChI=1S/C16H26N2O/c1-5-13-8-6-7-9-14(13)15(19)18-16(4,11-17)10-12(2)3/h6-9,12H,5,10-11,17H2,1-4H3,(H,18,19). The molecule has 1 aromatic carbocycles. The molecule has 1 amide bonds. The molecule has 0 saturated carbocycles. The van der Waals surface area contributed by atoms with E-state index in [0.29, 0.717) is 12.5 Å². The highest BCUT2D eigenvalue weighted by molar-refractivity contribution is 5.96. The first-order valence-electron chi connectivity index (χ1n) is 7.02. The second-order valence-electron chi connectivity index (χ2n) is 5.83. The number of amides is 1. The molecule has 0 radical (unpaired) electrons. The molecule has 3 nitrogen and oxygen atoms in total. The Bertz CT molecular complexity index is 429. The summed E-state index contributed by atoms with van der Waals surface area (Å²) in [7, 11) is 0. The largest absolute Gasteiger partial charge is 0.346 e. The molecule has 3 heteroatoms. The van der Waals surface area contributed by atoms with Crippen LogP contribution in [-0.2, 0) is 6.42 Å². The van der Waals surface area contributed by atoms with E-state index in [0.717, 1.165) is 24.0 Å². The fraction of sp³-hybridized carbons (Fsp3) is 0.562. The van der Waals surface area contributed by atoms with Crippen molar-refractivity contribution < 1.29 is 4.79 Å². The number of benzene rings is 1. The van der Waals surface area contributed by atoms with Gasteiger partial charge in [-0.3, -0.25) is 4.79 Å². The lowest BCUT2D eigenvalue weighted by molar-refractivity contribution is 0.0897. The van der Waals surface area contributed by atoms with Gasteiger partial charge in [-0.2, -0.15) is 0 Å². The van der Waals surface area contributed by atoms with Crippen molar-refractivity contribution >= 4 is 5.91 Å². The van der Waals surface area contributed by atoms with Gasteiger partial charge in [-0.15, -0.1) is 0 Å². The van der Waals surface area contributed by atoms with Gasteiger partial charge in [-0.25, -0.2) is 0 Å². The Hall–Kier alpha value is -1.35. The van der Waals surface area contributed by atoms with Crippen molar-refractivity contribution in [1.82, 2.24) is 5.32 Å². The molecule has 0 spiro atoms. The molecule has 1 aromatic rings. The summed E-state index contributed by atoms with van der Waals surface area (Å²) < 4.78 is 0. The summed E-state index contributed by atoms with van der Waals surface area (Å²) in [5.41, 5.74) is 7.33. The third-order valence-corrected chi connectivity index (χ3v) is 3.37. The molecular weight excluding hydrogens is 236 g/mol. The van der Waals surface area contributed by atoms with Crippen LogP contribution in [-0.4, -0.2) is 18.0 Å². The van der Waals surface area contributed by atoms with E-state index in [1.165, 1.54) is 0 Å². The van der Waals surface area contributed by atoms with E-state index in [1.54, 1.807) is 0 Å². The van der Waals surface area contributed by atoms with Gasteiger partial charge in [0.2, 0.25) is 0 Å². The van der Waals surface area contributed by atoms with Gasteiger partial charge < -0.3 is 11.1 Å². The summed E-state index contributed by atoms with van der Waals surface area (Å²) in [5, 5.41) is 3.10. The molecule has 1 rings (SSSR count). The number of carbonyl (C=O) groups excluding carboxylic acids is 1. The molecule has 0 saturated heterocycles. The molecule has 0 fully saturated rings. The highest BCUT2D eigenvalue weighted by atomic mass is 16.1. The SMILES string of the molecule is CCc1ccccc1C(=O)NC(C)(CN)CC(C)C. The molecule has 0 bridgehead atoms. The molecule has 0 aliphatic rings. The van der Waals surface area contributed by atoms with Crippen molar-refractivity contribution in [1.29, 1.82) is 0 Å². The van der Waals surface area contributed by atoms with Gasteiger partial charge in [0.15, 0.2) is 0 Å². The van der Waals surface area contributed by atoms with Crippen LogP contribution in [0, 0.1) is 5.92 Å². The van der Waals surface area contributed by atoms with Crippen molar-refractivity contribution in [2.75, 3.05) is 6.54 Å². The molecule has 3 N–H and O–H groups in total. The van der Waals surface area contributed by atoms with Crippen LogP contribution in [0.1, 0.15) is 50.0 Å². The zero-order chi connectivity index (χ0) is 14.5. The highest BCUT2D eigenvalue weighted by Crippen LogP contribution is 2.17. The minimum atomic E-state index is -0.341. The monoisotopic (exact) mass is 262 g/mol. The fourth-order valence-electron chi connectivity index (χ4n) is 2.48. The van der Waals surface area contributed by atoms with Crippen LogP contribution in [0.2, 0.25) is 0 Å². The Morgan fingerprint density at radius 3 is 2.53 bits per heavy atom. The summed E-state index contributed by atoms with van der Waals surface area (Å²) in [4.78, 5) is 12.4. The Kier molecular flexibility index (Phi) is 5.55. The van der Waals surface area contributed by atoms with Crippen molar-refractivity contribution in [3.05, 3.63) is 35.4 Å². The molecule has 0 aliphatic carbocycles. The Balaban J connectivity index is 2.88. The number of carbonyl (C=O) groups is 1. The zero-order valence-corrected chi connectivity index (χ0v) is 12.5. The van der Waals surface area contributed by atoms with Crippen LogP contribution in [0.3, 0.4) is 0 Å². The first kappa shape index (κ1) is 15.7. The molecule has 0 aliphatic heterocycles. The van der Waals surface area contributed by atoms with E-state index < -0.39 is 0 Å². The smallest absolute Gasteiger partial charge is 0.252 e. The third-order valence-electron chi connectivity index (χ3n) is 3.37. The first-order valence-corrected chi connectivity index (χ1v) is 7.02. The molecule has 0 heterocycles. The Morgan fingerprint density at radius 2 is 2.00 bits per heavy atom. The third kappa shape index (κ3) is 4.35. The van der Waals surface area contributed by atoms with Crippen LogP contribution < -0.4 is 11.1 Å². The molecule has 106 valence electrons. The maximum absolute atomic E-state index is 12.4. The van der Waals surface area contributed by atoms with Crippen LogP contribution in [0.15, 0.2) is 24.3 Å². The number of rotatable bonds is 6. The van der Waals surface area contributed by atoms with Crippen molar-refractivity contribution in [3.63, 3.8) is 0 Å². The normalized spacial score (nSPS) is 14.2. The van der Waals surface area contributed by atoms with Gasteiger partial charge in [0.05, 0.1) is 0 Å². The van der Waals surface area contributed by atoms with Crippen LogP contribution >= 0.6 is 0 Å². The molecule has 0 aromatic heterocycles. The minimum absolute atomic E-state index is 0.0222. The van der Waals surface area contributed by atoms with Crippen molar-refractivity contribution in [2.24, 2.45) is 11.7 Å². The van der Waals surface area contributed by atoms with Crippen LogP contribution in [0.4, 0.5) is 0 Å². The summed E-state index contributed by atoms with van der Waals surface area (Å²) >= 11 is 0. The molecule has 1 atom stereocenters. The fourth-order valence-corrected chi connectivity index (χ4v) is 2.48. The van der Waals surface area contributed by atoms with Gasteiger partial charge in [0, 0.05) is 17.6 Å². The predicted molar refractivity (Wildman–Crippen MR) is 80.2 cm³/mol. The number of hydrogen-bond acceptors (Lipinski definition) is 2. The van der Waals surface area contributed by atoms with Crippen molar-refractivity contribution in [3.8, 4) is 0 Å². The minimum Gasteiger partial charge on any atom is -0.346 e. The number of aryl methyl sites for hydroxylation is 1.